The molecule has 0 amide bonds. The number of carbonyl (C=O) groups is 1. The van der Waals surface area contributed by atoms with Gasteiger partial charge in [-0.1, -0.05) is 19.9 Å². The smallest absolute Gasteiger partial charge is 0.305 e. The van der Waals surface area contributed by atoms with Gasteiger partial charge in [-0.25, -0.2) is 18.2 Å². The van der Waals surface area contributed by atoms with Crippen molar-refractivity contribution in [3.8, 4) is 17.3 Å². The number of pyridine rings is 2. The molecule has 4 rings (SSSR count). The molecule has 4 aromatic rings. The highest BCUT2D eigenvalue weighted by Gasteiger charge is 2.35. The van der Waals surface area contributed by atoms with E-state index in [1.165, 1.54) is 12.4 Å². The van der Waals surface area contributed by atoms with Crippen LogP contribution in [-0.2, 0) is 10.2 Å². The molecule has 10 heteroatoms. The molecule has 0 spiro atoms. The Kier molecular flexibility index (Phi) is 6.18. The minimum atomic E-state index is -1.09. The summed E-state index contributed by atoms with van der Waals surface area (Å²) in [5.41, 5.74) is 0.0840. The molecule has 178 valence electrons. The first-order valence-electron chi connectivity index (χ1n) is 10.6. The van der Waals surface area contributed by atoms with E-state index in [1.807, 2.05) is 0 Å². The maximum absolute atomic E-state index is 15.2. The molecule has 0 saturated heterocycles. The Morgan fingerprint density at radius 3 is 2.60 bits per heavy atom. The monoisotopic (exact) mass is 479 g/mol. The Balaban J connectivity index is 1.73. The maximum atomic E-state index is 15.2. The van der Waals surface area contributed by atoms with Crippen molar-refractivity contribution in [2.24, 2.45) is 0 Å². The Labute approximate surface area is 198 Å². The van der Waals surface area contributed by atoms with Gasteiger partial charge in [-0.15, -0.1) is 0 Å². The second-order valence-electron chi connectivity index (χ2n) is 8.58. The summed E-state index contributed by atoms with van der Waals surface area (Å²) in [5, 5.41) is 21.7. The number of nitrogens with one attached hydrogen (secondary N) is 1. The summed E-state index contributed by atoms with van der Waals surface area (Å²) in [6, 6.07) is 7.33. The van der Waals surface area contributed by atoms with Crippen LogP contribution in [0.15, 0.2) is 55.0 Å². The number of rotatable bonds is 7. The summed E-state index contributed by atoms with van der Waals surface area (Å²) < 4.78 is 44.3. The molecule has 1 atom stereocenters. The number of aliphatic carboxylic acids is 1. The number of halogens is 3. The molecule has 3 heterocycles. The summed E-state index contributed by atoms with van der Waals surface area (Å²) in [6.45, 7) is 3.59. The van der Waals surface area contributed by atoms with Crippen LogP contribution < -0.4 is 5.32 Å². The molecule has 0 aliphatic heterocycles. The van der Waals surface area contributed by atoms with Crippen LogP contribution in [0.5, 0.6) is 0 Å². The average molecular weight is 479 g/mol. The predicted octanol–water partition coefficient (Wildman–Crippen LogP) is 5.08. The van der Waals surface area contributed by atoms with Gasteiger partial charge in [0.1, 0.15) is 5.82 Å². The van der Waals surface area contributed by atoms with Crippen molar-refractivity contribution in [2.75, 3.05) is 5.32 Å². The van der Waals surface area contributed by atoms with Crippen molar-refractivity contribution in [1.82, 2.24) is 14.5 Å². The Morgan fingerprint density at radius 1 is 1.20 bits per heavy atom. The van der Waals surface area contributed by atoms with E-state index < -0.39 is 34.9 Å². The maximum Gasteiger partial charge on any atom is 0.305 e. The third-order valence-electron chi connectivity index (χ3n) is 5.96. The third kappa shape index (κ3) is 4.53. The van der Waals surface area contributed by atoms with Gasteiger partial charge in [-0.05, 0) is 24.3 Å². The van der Waals surface area contributed by atoms with Crippen LogP contribution in [-0.4, -0.2) is 31.7 Å². The number of hydrogen-bond donors (Lipinski definition) is 2. The molecule has 0 radical (unpaired) electrons. The van der Waals surface area contributed by atoms with Gasteiger partial charge in [0.05, 0.1) is 11.9 Å². The van der Waals surface area contributed by atoms with E-state index >= 15 is 4.39 Å². The van der Waals surface area contributed by atoms with Crippen molar-refractivity contribution in [1.29, 1.82) is 5.26 Å². The Bertz CT molecular complexity index is 1460. The lowest BCUT2D eigenvalue weighted by molar-refractivity contribution is -0.137. The van der Waals surface area contributed by atoms with Gasteiger partial charge < -0.3 is 10.4 Å². The van der Waals surface area contributed by atoms with Gasteiger partial charge in [-0.3, -0.25) is 14.3 Å². The van der Waals surface area contributed by atoms with E-state index in [2.05, 4.69) is 15.3 Å². The Morgan fingerprint density at radius 2 is 1.97 bits per heavy atom. The van der Waals surface area contributed by atoms with E-state index in [0.29, 0.717) is 11.8 Å². The molecule has 1 aromatic carbocycles. The fraction of sp³-hybridized carbons (Fsp3) is 0.200. The summed E-state index contributed by atoms with van der Waals surface area (Å²) in [4.78, 5) is 20.0. The topological polar surface area (TPSA) is 104 Å². The standard InChI is InChI=1S/C25H20F3N5O2/c1-25(2,20-5-3-4-6-30-20)21(10-22(34)35)32-24-19(28)7-14(11-31-24)17-12-33(13-29)23-16(17)8-15(26)9-18(23)27/h3-9,11-12,21H,10H2,1-2H3,(H,31,32)(H,34,35). The van der Waals surface area contributed by atoms with E-state index in [9.17, 15) is 23.9 Å². The molecule has 1 unspecified atom stereocenters. The number of carboxylic acid groups (broad SMARTS) is 1. The number of nitrogens with zero attached hydrogens (tertiary/aromatic N) is 4. The van der Waals surface area contributed by atoms with Crippen molar-refractivity contribution in [2.45, 2.75) is 31.7 Å². The third-order valence-corrected chi connectivity index (χ3v) is 5.96. The normalized spacial score (nSPS) is 12.3. The van der Waals surface area contributed by atoms with Crippen molar-refractivity contribution in [3.05, 3.63) is 78.1 Å². The first-order chi connectivity index (χ1) is 16.6. The molecule has 0 bridgehead atoms. The number of hydrogen-bond acceptors (Lipinski definition) is 5. The fourth-order valence-electron chi connectivity index (χ4n) is 4.03. The van der Waals surface area contributed by atoms with Crippen molar-refractivity contribution in [3.63, 3.8) is 0 Å². The summed E-state index contributed by atoms with van der Waals surface area (Å²) in [5.74, 6) is -3.84. The molecule has 0 saturated carbocycles. The van der Waals surface area contributed by atoms with Crippen LogP contribution in [0.25, 0.3) is 22.0 Å². The van der Waals surface area contributed by atoms with Crippen molar-refractivity contribution >= 4 is 22.7 Å². The zero-order valence-corrected chi connectivity index (χ0v) is 18.8. The Hall–Kier alpha value is -4.39. The summed E-state index contributed by atoms with van der Waals surface area (Å²) in [7, 11) is 0. The first-order valence-corrected chi connectivity index (χ1v) is 10.6. The van der Waals surface area contributed by atoms with Crippen LogP contribution in [0, 0.1) is 28.9 Å². The highest BCUT2D eigenvalue weighted by molar-refractivity contribution is 5.97. The summed E-state index contributed by atoms with van der Waals surface area (Å²) >= 11 is 0. The van der Waals surface area contributed by atoms with Crippen molar-refractivity contribution < 1.29 is 23.1 Å². The second-order valence-corrected chi connectivity index (χ2v) is 8.58. The van der Waals surface area contributed by atoms with Gasteiger partial charge in [-0.2, -0.15) is 5.26 Å². The highest BCUT2D eigenvalue weighted by atomic mass is 19.1. The van der Waals surface area contributed by atoms with Gasteiger partial charge >= 0.3 is 5.97 Å². The van der Waals surface area contributed by atoms with Crippen LogP contribution in [0.4, 0.5) is 19.0 Å². The second kappa shape index (κ2) is 9.10. The van der Waals surface area contributed by atoms with Gasteiger partial charge in [0.2, 0.25) is 0 Å². The minimum absolute atomic E-state index is 0.0889. The van der Waals surface area contributed by atoms with E-state index in [1.54, 1.807) is 44.4 Å². The van der Waals surface area contributed by atoms with Gasteiger partial charge in [0.25, 0.3) is 0 Å². The van der Waals surface area contributed by atoms with Crippen LogP contribution in [0.3, 0.4) is 0 Å². The van der Waals surface area contributed by atoms with E-state index in [-0.39, 0.29) is 34.3 Å². The zero-order chi connectivity index (χ0) is 25.3. The largest absolute Gasteiger partial charge is 0.481 e. The summed E-state index contributed by atoms with van der Waals surface area (Å²) in [6.07, 6.45) is 5.61. The molecule has 7 nitrogen and oxygen atoms in total. The molecule has 2 N–H and O–H groups in total. The van der Waals surface area contributed by atoms with Crippen LogP contribution in [0.2, 0.25) is 0 Å². The van der Waals surface area contributed by atoms with E-state index in [4.69, 9.17) is 0 Å². The molecule has 35 heavy (non-hydrogen) atoms. The number of anilines is 1. The average Bonchev–Trinajstić information content (AvgIpc) is 3.19. The number of benzene rings is 1. The van der Waals surface area contributed by atoms with Crippen LogP contribution >= 0.6 is 0 Å². The molecule has 0 aliphatic carbocycles. The lowest BCUT2D eigenvalue weighted by Gasteiger charge is -2.34. The number of fused-ring (bicyclic) bond motifs is 1. The minimum Gasteiger partial charge on any atom is -0.481 e. The molecule has 0 fully saturated rings. The number of nitriles is 1. The van der Waals surface area contributed by atoms with Gasteiger partial charge in [0.15, 0.2) is 23.6 Å². The molecule has 3 aromatic heterocycles. The molecular formula is C25H20F3N5O2. The van der Waals surface area contributed by atoms with E-state index in [0.717, 1.165) is 16.7 Å². The lowest BCUT2D eigenvalue weighted by atomic mass is 9.79. The number of aromatic nitrogens is 3. The van der Waals surface area contributed by atoms with Gasteiger partial charge in [0, 0.05) is 58.3 Å². The quantitative estimate of drug-likeness (QED) is 0.383. The SMILES string of the molecule is CC(C)(c1ccccn1)C(CC(=O)O)Nc1ncc(-c2cn(C#N)c3c(F)cc(F)cc23)cc1F. The highest BCUT2D eigenvalue weighted by Crippen LogP contribution is 2.34. The first kappa shape index (κ1) is 23.8. The van der Waals surface area contributed by atoms with Crippen LogP contribution in [0.1, 0.15) is 26.0 Å². The zero-order valence-electron chi connectivity index (χ0n) is 18.8. The lowest BCUT2D eigenvalue weighted by Crippen LogP contribution is -2.42. The molecular weight excluding hydrogens is 459 g/mol. The predicted molar refractivity (Wildman–Crippen MR) is 123 cm³/mol. The fourth-order valence-corrected chi connectivity index (χ4v) is 4.03. The molecule has 0 aliphatic rings. The number of carboxylic acids is 1.